The van der Waals surface area contributed by atoms with Crippen LogP contribution in [0.5, 0.6) is 0 Å². The van der Waals surface area contributed by atoms with Gasteiger partial charge in [-0.2, -0.15) is 0 Å². The minimum Gasteiger partial charge on any atom is -0.366 e. The van der Waals surface area contributed by atoms with Gasteiger partial charge in [0.2, 0.25) is 5.91 Å². The molecule has 1 saturated carbocycles. The van der Waals surface area contributed by atoms with Gasteiger partial charge in [0, 0.05) is 6.04 Å². The Kier molecular flexibility index (Phi) is 4.99. The Hall–Kier alpha value is -0.570. The van der Waals surface area contributed by atoms with E-state index in [-0.39, 0.29) is 18.1 Å². The fourth-order valence-corrected chi connectivity index (χ4v) is 2.41. The van der Waals surface area contributed by atoms with E-state index in [9.17, 15) is 4.79 Å². The Balaban J connectivity index is 2.31. The number of carbonyl (C=O) groups excluding carboxylic acids is 1. The van der Waals surface area contributed by atoms with Crippen molar-refractivity contribution in [2.45, 2.75) is 65.5 Å². The number of hydrogen-bond acceptors (Lipinski definition) is 2. The van der Waals surface area contributed by atoms with Gasteiger partial charge in [-0.05, 0) is 51.9 Å². The lowest BCUT2D eigenvalue weighted by Crippen LogP contribution is -2.44. The second-order valence-corrected chi connectivity index (χ2v) is 6.47. The maximum atomic E-state index is 11.7. The summed E-state index contributed by atoms with van der Waals surface area (Å²) in [5.74, 6) is 1.40. The van der Waals surface area contributed by atoms with Gasteiger partial charge >= 0.3 is 0 Å². The van der Waals surface area contributed by atoms with Gasteiger partial charge in [-0.25, -0.2) is 0 Å². The minimum absolute atomic E-state index is 0.0197. The lowest BCUT2D eigenvalue weighted by molar-refractivity contribution is -0.131. The molecule has 0 bridgehead atoms. The summed E-state index contributed by atoms with van der Waals surface area (Å²) in [4.78, 5) is 11.7. The molecule has 1 aliphatic carbocycles. The molecule has 0 saturated heterocycles. The summed E-state index contributed by atoms with van der Waals surface area (Å²) < 4.78 is 5.48. The quantitative estimate of drug-likeness (QED) is 0.825. The molecule has 0 aromatic carbocycles. The zero-order chi connectivity index (χ0) is 13.1. The zero-order valence-electron chi connectivity index (χ0n) is 11.9. The highest BCUT2D eigenvalue weighted by Crippen LogP contribution is 2.28. The monoisotopic (exact) mass is 241 g/mol. The molecule has 0 radical (unpaired) electrons. The summed E-state index contributed by atoms with van der Waals surface area (Å²) >= 11 is 0. The Bertz CT molecular complexity index is 257. The summed E-state index contributed by atoms with van der Waals surface area (Å²) in [5.41, 5.74) is -0.246. The van der Waals surface area contributed by atoms with E-state index >= 15 is 0 Å². The topological polar surface area (TPSA) is 38.3 Å². The third-order valence-corrected chi connectivity index (χ3v) is 3.41. The third-order valence-electron chi connectivity index (χ3n) is 3.41. The normalized spacial score (nSPS) is 30.1. The Morgan fingerprint density at radius 3 is 2.47 bits per heavy atom. The van der Waals surface area contributed by atoms with Crippen LogP contribution in [0.2, 0.25) is 0 Å². The predicted molar refractivity (Wildman–Crippen MR) is 69.8 cm³/mol. The first-order valence-corrected chi connectivity index (χ1v) is 6.71. The first kappa shape index (κ1) is 14.5. The molecular weight excluding hydrogens is 214 g/mol. The average molecular weight is 241 g/mol. The van der Waals surface area contributed by atoms with Crippen LogP contribution in [0.4, 0.5) is 0 Å². The van der Waals surface area contributed by atoms with E-state index in [0.29, 0.717) is 12.0 Å². The van der Waals surface area contributed by atoms with Crippen LogP contribution < -0.4 is 5.32 Å². The predicted octanol–water partition coefficient (Wildman–Crippen LogP) is 2.74. The molecule has 100 valence electrons. The molecule has 0 spiro atoms. The van der Waals surface area contributed by atoms with Gasteiger partial charge in [-0.15, -0.1) is 0 Å². The van der Waals surface area contributed by atoms with Crippen molar-refractivity contribution in [3.8, 4) is 0 Å². The van der Waals surface area contributed by atoms with E-state index in [2.05, 4.69) is 19.2 Å². The van der Waals surface area contributed by atoms with E-state index in [1.165, 1.54) is 12.8 Å². The number of amides is 1. The van der Waals surface area contributed by atoms with Gasteiger partial charge in [0.25, 0.3) is 0 Å². The molecule has 1 aliphatic rings. The highest BCUT2D eigenvalue weighted by atomic mass is 16.5. The lowest BCUT2D eigenvalue weighted by atomic mass is 9.80. The van der Waals surface area contributed by atoms with Crippen LogP contribution in [-0.2, 0) is 9.53 Å². The van der Waals surface area contributed by atoms with E-state index in [0.717, 1.165) is 12.3 Å². The first-order valence-electron chi connectivity index (χ1n) is 6.71. The van der Waals surface area contributed by atoms with Gasteiger partial charge in [0.1, 0.15) is 6.61 Å². The van der Waals surface area contributed by atoms with Crippen molar-refractivity contribution in [2.75, 3.05) is 6.61 Å². The van der Waals surface area contributed by atoms with Crippen molar-refractivity contribution in [1.29, 1.82) is 0 Å². The number of ether oxygens (including phenoxy) is 1. The molecule has 1 amide bonds. The smallest absolute Gasteiger partial charge is 0.246 e. The summed E-state index contributed by atoms with van der Waals surface area (Å²) in [5, 5.41) is 3.10. The molecular formula is C14H27NO2. The highest BCUT2D eigenvalue weighted by molar-refractivity contribution is 5.77. The number of nitrogens with one attached hydrogen (secondary N) is 1. The molecule has 1 fully saturated rings. The molecule has 0 heterocycles. The van der Waals surface area contributed by atoms with Crippen LogP contribution in [0.15, 0.2) is 0 Å². The molecule has 3 atom stereocenters. The van der Waals surface area contributed by atoms with Crippen LogP contribution >= 0.6 is 0 Å². The standard InChI is InChI=1S/C14H27NO2/c1-10-6-7-12(11(2)8-10)15-13(16)9-17-14(3,4)5/h10-12H,6-9H2,1-5H3,(H,15,16). The Morgan fingerprint density at radius 2 is 1.94 bits per heavy atom. The van der Waals surface area contributed by atoms with E-state index in [4.69, 9.17) is 4.74 Å². The molecule has 17 heavy (non-hydrogen) atoms. The van der Waals surface area contributed by atoms with Crippen LogP contribution in [0.25, 0.3) is 0 Å². The molecule has 3 unspecified atom stereocenters. The van der Waals surface area contributed by atoms with Gasteiger partial charge in [0.15, 0.2) is 0 Å². The fraction of sp³-hybridized carbons (Fsp3) is 0.929. The third kappa shape index (κ3) is 5.53. The van der Waals surface area contributed by atoms with Crippen LogP contribution in [0.3, 0.4) is 0 Å². The van der Waals surface area contributed by atoms with Crippen molar-refractivity contribution in [3.63, 3.8) is 0 Å². The van der Waals surface area contributed by atoms with Crippen LogP contribution in [0, 0.1) is 11.8 Å². The molecule has 3 nitrogen and oxygen atoms in total. The first-order chi connectivity index (χ1) is 7.78. The maximum Gasteiger partial charge on any atom is 0.246 e. The Labute approximate surface area is 105 Å². The fourth-order valence-electron chi connectivity index (χ4n) is 2.41. The second kappa shape index (κ2) is 5.85. The van der Waals surface area contributed by atoms with Crippen LogP contribution in [-0.4, -0.2) is 24.2 Å². The Morgan fingerprint density at radius 1 is 1.29 bits per heavy atom. The summed E-state index contributed by atoms with van der Waals surface area (Å²) in [6.45, 7) is 10.6. The van der Waals surface area contributed by atoms with Crippen molar-refractivity contribution in [1.82, 2.24) is 5.32 Å². The molecule has 0 aromatic heterocycles. The number of hydrogen-bond donors (Lipinski definition) is 1. The van der Waals surface area contributed by atoms with Crippen molar-refractivity contribution >= 4 is 5.91 Å². The lowest BCUT2D eigenvalue weighted by Gasteiger charge is -2.33. The molecule has 0 aromatic rings. The number of carbonyl (C=O) groups is 1. The molecule has 3 heteroatoms. The SMILES string of the molecule is CC1CCC(NC(=O)COC(C)(C)C)C(C)C1. The van der Waals surface area contributed by atoms with Gasteiger partial charge in [0.05, 0.1) is 5.60 Å². The average Bonchev–Trinajstić information content (AvgIpc) is 2.18. The molecule has 1 N–H and O–H groups in total. The summed E-state index contributed by atoms with van der Waals surface area (Å²) in [6.07, 6.45) is 3.53. The highest BCUT2D eigenvalue weighted by Gasteiger charge is 2.26. The van der Waals surface area contributed by atoms with E-state index in [1.807, 2.05) is 20.8 Å². The minimum atomic E-state index is -0.246. The van der Waals surface area contributed by atoms with E-state index < -0.39 is 0 Å². The van der Waals surface area contributed by atoms with Gasteiger partial charge in [-0.3, -0.25) is 4.79 Å². The maximum absolute atomic E-state index is 11.7. The number of rotatable bonds is 3. The second-order valence-electron chi connectivity index (χ2n) is 6.47. The van der Waals surface area contributed by atoms with Gasteiger partial charge < -0.3 is 10.1 Å². The van der Waals surface area contributed by atoms with E-state index in [1.54, 1.807) is 0 Å². The molecule has 1 rings (SSSR count). The summed E-state index contributed by atoms with van der Waals surface area (Å²) in [7, 11) is 0. The molecule has 0 aliphatic heterocycles. The van der Waals surface area contributed by atoms with Crippen LogP contribution in [0.1, 0.15) is 53.9 Å². The van der Waals surface area contributed by atoms with Crippen molar-refractivity contribution < 1.29 is 9.53 Å². The zero-order valence-corrected chi connectivity index (χ0v) is 11.9. The summed E-state index contributed by atoms with van der Waals surface area (Å²) in [6, 6.07) is 0.335. The largest absolute Gasteiger partial charge is 0.366 e. The van der Waals surface area contributed by atoms with Gasteiger partial charge in [-0.1, -0.05) is 13.8 Å². The van der Waals surface area contributed by atoms with Crippen molar-refractivity contribution in [2.24, 2.45) is 11.8 Å². The van der Waals surface area contributed by atoms with Crippen molar-refractivity contribution in [3.05, 3.63) is 0 Å².